The molecule has 3 unspecified atom stereocenters. The van der Waals surface area contributed by atoms with Crippen molar-refractivity contribution in [3.05, 3.63) is 30.1 Å². The maximum Gasteiger partial charge on any atom is 0.0416 e. The first-order chi connectivity index (χ1) is 9.42. The fraction of sp³-hybridized carbons (Fsp3) is 0.706. The van der Waals surface area contributed by atoms with E-state index in [1.807, 2.05) is 12.3 Å². The van der Waals surface area contributed by atoms with Gasteiger partial charge in [0.25, 0.3) is 0 Å². The molecule has 0 bridgehead atoms. The molecule has 2 aliphatic carbocycles. The van der Waals surface area contributed by atoms with E-state index in [0.29, 0.717) is 0 Å². The standard InChI is InChI=1S/C17H26N2/c1-2-6-15-13-17(9-8-14(15)5-1)19-12-10-16-7-3-4-11-18-16/h3-4,7,11,14-15,17,19H,1-2,5-6,8-10,12-13H2. The summed E-state index contributed by atoms with van der Waals surface area (Å²) < 4.78 is 0. The van der Waals surface area contributed by atoms with Crippen LogP contribution in [0.25, 0.3) is 0 Å². The minimum absolute atomic E-state index is 0.767. The molecule has 1 N–H and O–H groups in total. The lowest BCUT2D eigenvalue weighted by molar-refractivity contribution is 0.144. The van der Waals surface area contributed by atoms with Crippen molar-refractivity contribution in [2.24, 2.45) is 11.8 Å². The average Bonchev–Trinajstić information content (AvgIpc) is 2.48. The molecular formula is C17H26N2. The van der Waals surface area contributed by atoms with Gasteiger partial charge in [-0.25, -0.2) is 0 Å². The predicted molar refractivity (Wildman–Crippen MR) is 79.0 cm³/mol. The van der Waals surface area contributed by atoms with Crippen molar-refractivity contribution >= 4 is 0 Å². The average molecular weight is 258 g/mol. The molecule has 1 heterocycles. The Hall–Kier alpha value is -0.890. The Kier molecular flexibility index (Phi) is 4.49. The third-order valence-corrected chi connectivity index (χ3v) is 5.08. The summed E-state index contributed by atoms with van der Waals surface area (Å²) >= 11 is 0. The molecule has 0 radical (unpaired) electrons. The summed E-state index contributed by atoms with van der Waals surface area (Å²) in [6.45, 7) is 1.08. The van der Waals surface area contributed by atoms with Gasteiger partial charge in [-0.3, -0.25) is 4.98 Å². The molecule has 104 valence electrons. The third kappa shape index (κ3) is 3.56. The molecule has 2 nitrogen and oxygen atoms in total. The second-order valence-corrected chi connectivity index (χ2v) is 6.34. The number of hydrogen-bond donors (Lipinski definition) is 1. The Balaban J connectivity index is 1.41. The largest absolute Gasteiger partial charge is 0.314 e. The van der Waals surface area contributed by atoms with Crippen LogP contribution in [0, 0.1) is 11.8 Å². The summed E-state index contributed by atoms with van der Waals surface area (Å²) in [6, 6.07) is 6.96. The van der Waals surface area contributed by atoms with Gasteiger partial charge in [0.2, 0.25) is 0 Å². The third-order valence-electron chi connectivity index (χ3n) is 5.08. The van der Waals surface area contributed by atoms with Gasteiger partial charge in [0, 0.05) is 30.9 Å². The Labute approximate surface area is 117 Å². The van der Waals surface area contributed by atoms with Gasteiger partial charge in [0.15, 0.2) is 0 Å². The summed E-state index contributed by atoms with van der Waals surface area (Å²) in [6.07, 6.45) is 13.2. The lowest BCUT2D eigenvalue weighted by Gasteiger charge is -2.39. The van der Waals surface area contributed by atoms with Crippen molar-refractivity contribution in [3.63, 3.8) is 0 Å². The van der Waals surface area contributed by atoms with E-state index in [1.54, 1.807) is 0 Å². The molecule has 0 aromatic carbocycles. The van der Waals surface area contributed by atoms with Crippen LogP contribution < -0.4 is 5.32 Å². The SMILES string of the molecule is c1ccc(CCNC2CCC3CCCCC3C2)nc1. The van der Waals surface area contributed by atoms with E-state index >= 15 is 0 Å². The van der Waals surface area contributed by atoms with Crippen molar-refractivity contribution in [2.45, 2.75) is 57.4 Å². The lowest BCUT2D eigenvalue weighted by Crippen LogP contribution is -2.39. The van der Waals surface area contributed by atoms with E-state index in [9.17, 15) is 0 Å². The first kappa shape index (κ1) is 13.1. The number of pyridine rings is 1. The Morgan fingerprint density at radius 3 is 2.79 bits per heavy atom. The maximum atomic E-state index is 4.39. The Morgan fingerprint density at radius 2 is 1.95 bits per heavy atom. The minimum atomic E-state index is 0.767. The molecule has 2 saturated carbocycles. The highest BCUT2D eigenvalue weighted by Gasteiger charge is 2.31. The highest BCUT2D eigenvalue weighted by Crippen LogP contribution is 2.40. The summed E-state index contributed by atoms with van der Waals surface area (Å²) in [4.78, 5) is 4.39. The molecule has 2 fully saturated rings. The van der Waals surface area contributed by atoms with Crippen molar-refractivity contribution in [3.8, 4) is 0 Å². The van der Waals surface area contributed by atoms with Gasteiger partial charge in [0.1, 0.15) is 0 Å². The van der Waals surface area contributed by atoms with Crippen LogP contribution in [0.5, 0.6) is 0 Å². The molecule has 0 saturated heterocycles. The number of hydrogen-bond acceptors (Lipinski definition) is 2. The lowest BCUT2D eigenvalue weighted by atomic mass is 9.69. The number of fused-ring (bicyclic) bond motifs is 1. The Morgan fingerprint density at radius 1 is 1.05 bits per heavy atom. The van der Waals surface area contributed by atoms with Crippen LogP contribution in [0.1, 0.15) is 50.6 Å². The van der Waals surface area contributed by atoms with Crippen molar-refractivity contribution < 1.29 is 0 Å². The zero-order chi connectivity index (χ0) is 12.9. The summed E-state index contributed by atoms with van der Waals surface area (Å²) in [5.74, 6) is 2.08. The van der Waals surface area contributed by atoms with Crippen LogP contribution >= 0.6 is 0 Å². The number of nitrogens with zero attached hydrogens (tertiary/aromatic N) is 1. The molecular weight excluding hydrogens is 232 g/mol. The minimum Gasteiger partial charge on any atom is -0.314 e. The molecule has 0 spiro atoms. The van der Waals surface area contributed by atoms with Crippen LogP contribution in [0.3, 0.4) is 0 Å². The summed E-state index contributed by atoms with van der Waals surface area (Å²) in [7, 11) is 0. The van der Waals surface area contributed by atoms with Gasteiger partial charge >= 0.3 is 0 Å². The first-order valence-corrected chi connectivity index (χ1v) is 8.05. The van der Waals surface area contributed by atoms with Crippen LogP contribution in [-0.4, -0.2) is 17.6 Å². The smallest absolute Gasteiger partial charge is 0.0416 e. The van der Waals surface area contributed by atoms with Gasteiger partial charge in [0.05, 0.1) is 0 Å². The van der Waals surface area contributed by atoms with Crippen LogP contribution in [0.4, 0.5) is 0 Å². The fourth-order valence-electron chi connectivity index (χ4n) is 4.01. The molecule has 0 amide bonds. The van der Waals surface area contributed by atoms with Crippen molar-refractivity contribution in [2.75, 3.05) is 6.54 Å². The van der Waals surface area contributed by atoms with Gasteiger partial charge in [-0.15, -0.1) is 0 Å². The van der Waals surface area contributed by atoms with Gasteiger partial charge in [-0.2, -0.15) is 0 Å². The van der Waals surface area contributed by atoms with E-state index < -0.39 is 0 Å². The van der Waals surface area contributed by atoms with Crippen LogP contribution in [0.15, 0.2) is 24.4 Å². The number of nitrogens with one attached hydrogen (secondary N) is 1. The van der Waals surface area contributed by atoms with Crippen molar-refractivity contribution in [1.82, 2.24) is 10.3 Å². The van der Waals surface area contributed by atoms with E-state index in [1.165, 1.54) is 50.6 Å². The van der Waals surface area contributed by atoms with E-state index in [4.69, 9.17) is 0 Å². The first-order valence-electron chi connectivity index (χ1n) is 8.05. The molecule has 3 rings (SSSR count). The maximum absolute atomic E-state index is 4.39. The molecule has 19 heavy (non-hydrogen) atoms. The molecule has 1 aromatic heterocycles. The van der Waals surface area contributed by atoms with Crippen LogP contribution in [0.2, 0.25) is 0 Å². The summed E-state index contributed by atoms with van der Waals surface area (Å²) in [5, 5.41) is 3.76. The molecule has 3 atom stereocenters. The molecule has 2 aliphatic rings. The second-order valence-electron chi connectivity index (χ2n) is 6.34. The van der Waals surface area contributed by atoms with E-state index in [0.717, 1.165) is 30.8 Å². The van der Waals surface area contributed by atoms with Gasteiger partial charge in [-0.05, 0) is 43.2 Å². The zero-order valence-corrected chi connectivity index (χ0v) is 11.9. The fourth-order valence-corrected chi connectivity index (χ4v) is 4.01. The number of rotatable bonds is 4. The monoisotopic (exact) mass is 258 g/mol. The molecule has 2 heteroatoms. The normalized spacial score (nSPS) is 30.8. The van der Waals surface area contributed by atoms with Gasteiger partial charge in [-0.1, -0.05) is 31.7 Å². The summed E-state index contributed by atoms with van der Waals surface area (Å²) in [5.41, 5.74) is 1.21. The Bertz CT molecular complexity index is 376. The number of aromatic nitrogens is 1. The highest BCUT2D eigenvalue weighted by atomic mass is 14.9. The molecule has 0 aliphatic heterocycles. The van der Waals surface area contributed by atoms with Crippen LogP contribution in [-0.2, 0) is 6.42 Å². The second kappa shape index (κ2) is 6.51. The highest BCUT2D eigenvalue weighted by molar-refractivity contribution is 5.03. The topological polar surface area (TPSA) is 24.9 Å². The van der Waals surface area contributed by atoms with E-state index in [-0.39, 0.29) is 0 Å². The quantitative estimate of drug-likeness (QED) is 0.893. The van der Waals surface area contributed by atoms with Gasteiger partial charge < -0.3 is 5.32 Å². The predicted octanol–water partition coefficient (Wildman–Crippen LogP) is 3.57. The molecule has 1 aromatic rings. The van der Waals surface area contributed by atoms with Crippen molar-refractivity contribution in [1.29, 1.82) is 0 Å². The zero-order valence-electron chi connectivity index (χ0n) is 11.9. The van der Waals surface area contributed by atoms with E-state index in [2.05, 4.69) is 22.4 Å².